The Hall–Kier alpha value is -1.39. The Morgan fingerprint density at radius 2 is 2.14 bits per heavy atom. The van der Waals surface area contributed by atoms with Gasteiger partial charge >= 0.3 is 5.69 Å². The Bertz CT molecular complexity index is 408. The second kappa shape index (κ2) is 4.74. The van der Waals surface area contributed by atoms with Crippen LogP contribution in [0, 0.1) is 0 Å². The molecule has 0 aliphatic heterocycles. The monoisotopic (exact) mass is 200 g/mol. The van der Waals surface area contributed by atoms with Crippen LogP contribution < -0.4 is 11.2 Å². The summed E-state index contributed by atoms with van der Waals surface area (Å²) in [6.07, 6.45) is 1.65. The molecule has 1 rings (SSSR count). The van der Waals surface area contributed by atoms with Gasteiger partial charge in [0.1, 0.15) is 0 Å². The van der Waals surface area contributed by atoms with Crippen LogP contribution in [0.25, 0.3) is 0 Å². The van der Waals surface area contributed by atoms with E-state index in [1.54, 1.807) is 0 Å². The van der Waals surface area contributed by atoms with Crippen LogP contribution in [0.2, 0.25) is 0 Å². The van der Waals surface area contributed by atoms with Gasteiger partial charge in [0.2, 0.25) is 0 Å². The first-order valence-corrected chi connectivity index (χ1v) is 4.57. The van der Waals surface area contributed by atoms with Gasteiger partial charge in [-0.05, 0) is 13.3 Å². The van der Waals surface area contributed by atoms with Gasteiger partial charge in [0.25, 0.3) is 5.56 Å². The third kappa shape index (κ3) is 2.10. The lowest BCUT2D eigenvalue weighted by molar-refractivity contribution is 0.432. The molecule has 78 valence electrons. The second-order valence-electron chi connectivity index (χ2n) is 2.92. The molecule has 1 aromatic rings. The minimum Gasteiger partial charge on any atom is -0.301 e. The summed E-state index contributed by atoms with van der Waals surface area (Å²) in [7, 11) is 0. The molecule has 0 saturated carbocycles. The van der Waals surface area contributed by atoms with Gasteiger partial charge in [-0.3, -0.25) is 13.8 Å². The SMILES string of the molecule is CCn1ccc(=O)n(CCCF)c1=O. The van der Waals surface area contributed by atoms with E-state index in [0.717, 1.165) is 4.57 Å². The molecule has 0 radical (unpaired) electrons. The van der Waals surface area contributed by atoms with E-state index in [2.05, 4.69) is 0 Å². The van der Waals surface area contributed by atoms with Crippen molar-refractivity contribution in [2.45, 2.75) is 26.4 Å². The molecule has 0 atom stereocenters. The van der Waals surface area contributed by atoms with Gasteiger partial charge in [-0.2, -0.15) is 0 Å². The predicted octanol–water partition coefficient (Wildman–Crippen LogP) is 0.389. The molecular formula is C9H13FN2O2. The number of rotatable bonds is 4. The maximum absolute atomic E-state index is 11.9. The fourth-order valence-corrected chi connectivity index (χ4v) is 1.22. The highest BCUT2D eigenvalue weighted by molar-refractivity contribution is 4.85. The standard InChI is InChI=1S/C9H13FN2O2/c1-2-11-7-4-8(13)12(9(11)14)6-3-5-10/h4,7H,2-3,5-6H2,1H3. The third-order valence-corrected chi connectivity index (χ3v) is 2.00. The van der Waals surface area contributed by atoms with Gasteiger partial charge in [-0.15, -0.1) is 0 Å². The minimum absolute atomic E-state index is 0.148. The topological polar surface area (TPSA) is 44.0 Å². The molecule has 0 aromatic carbocycles. The van der Waals surface area contributed by atoms with E-state index in [0.29, 0.717) is 6.54 Å². The summed E-state index contributed by atoms with van der Waals surface area (Å²) in [6, 6.07) is 1.32. The van der Waals surface area contributed by atoms with Crippen molar-refractivity contribution in [1.82, 2.24) is 9.13 Å². The van der Waals surface area contributed by atoms with Gasteiger partial charge < -0.3 is 4.57 Å². The number of hydrogen-bond donors (Lipinski definition) is 0. The molecule has 0 unspecified atom stereocenters. The van der Waals surface area contributed by atoms with Crippen LogP contribution >= 0.6 is 0 Å². The lowest BCUT2D eigenvalue weighted by Gasteiger charge is -2.06. The predicted molar refractivity (Wildman–Crippen MR) is 51.2 cm³/mol. The third-order valence-electron chi connectivity index (χ3n) is 2.00. The van der Waals surface area contributed by atoms with Crippen LogP contribution in [0.15, 0.2) is 21.9 Å². The fourth-order valence-electron chi connectivity index (χ4n) is 1.22. The van der Waals surface area contributed by atoms with Crippen molar-refractivity contribution in [2.24, 2.45) is 0 Å². The van der Waals surface area contributed by atoms with E-state index in [-0.39, 0.29) is 24.2 Å². The van der Waals surface area contributed by atoms with Crippen molar-refractivity contribution >= 4 is 0 Å². The highest BCUT2D eigenvalue weighted by atomic mass is 19.1. The molecule has 0 saturated heterocycles. The first-order chi connectivity index (χ1) is 6.70. The van der Waals surface area contributed by atoms with Crippen LogP contribution in [-0.2, 0) is 13.1 Å². The Balaban J connectivity index is 3.13. The molecule has 4 nitrogen and oxygen atoms in total. The second-order valence-corrected chi connectivity index (χ2v) is 2.92. The molecular weight excluding hydrogens is 187 g/mol. The molecule has 1 aromatic heterocycles. The molecule has 0 aliphatic carbocycles. The van der Waals surface area contributed by atoms with E-state index >= 15 is 0 Å². The fraction of sp³-hybridized carbons (Fsp3) is 0.556. The zero-order valence-corrected chi connectivity index (χ0v) is 8.07. The van der Waals surface area contributed by atoms with Crippen molar-refractivity contribution in [2.75, 3.05) is 6.67 Å². The van der Waals surface area contributed by atoms with Crippen molar-refractivity contribution < 1.29 is 4.39 Å². The van der Waals surface area contributed by atoms with Crippen molar-refractivity contribution in [1.29, 1.82) is 0 Å². The largest absolute Gasteiger partial charge is 0.330 e. The van der Waals surface area contributed by atoms with E-state index in [9.17, 15) is 14.0 Å². The van der Waals surface area contributed by atoms with Gasteiger partial charge in [0, 0.05) is 25.4 Å². The lowest BCUT2D eigenvalue weighted by atomic mass is 10.4. The van der Waals surface area contributed by atoms with Crippen molar-refractivity contribution in [3.8, 4) is 0 Å². The number of halogens is 1. The highest BCUT2D eigenvalue weighted by Crippen LogP contribution is 1.84. The summed E-state index contributed by atoms with van der Waals surface area (Å²) in [5.41, 5.74) is -0.735. The first-order valence-electron chi connectivity index (χ1n) is 4.57. The lowest BCUT2D eigenvalue weighted by Crippen LogP contribution is -2.38. The Morgan fingerprint density at radius 1 is 1.43 bits per heavy atom. The van der Waals surface area contributed by atoms with Gasteiger partial charge in [0.05, 0.1) is 6.67 Å². The van der Waals surface area contributed by atoms with Crippen LogP contribution in [0.4, 0.5) is 4.39 Å². The summed E-state index contributed by atoms with van der Waals surface area (Å²) < 4.78 is 14.4. The Morgan fingerprint density at radius 3 is 2.71 bits per heavy atom. The quantitative estimate of drug-likeness (QED) is 0.705. The Labute approximate surface area is 80.6 Å². The van der Waals surface area contributed by atoms with E-state index in [1.165, 1.54) is 16.8 Å². The molecule has 0 fully saturated rings. The summed E-state index contributed by atoms with van der Waals surface area (Å²) in [5.74, 6) is 0. The summed E-state index contributed by atoms with van der Waals surface area (Å²) in [5, 5.41) is 0. The molecule has 1 heterocycles. The number of nitrogens with zero attached hydrogens (tertiary/aromatic N) is 2. The smallest absolute Gasteiger partial charge is 0.301 e. The summed E-state index contributed by atoms with van der Waals surface area (Å²) in [6.45, 7) is 1.95. The molecule has 5 heteroatoms. The molecule has 0 aliphatic rings. The summed E-state index contributed by atoms with van der Waals surface area (Å²) in [4.78, 5) is 22.8. The number of aromatic nitrogens is 2. The van der Waals surface area contributed by atoms with Gasteiger partial charge in [-0.1, -0.05) is 0 Å². The molecule has 0 amide bonds. The van der Waals surface area contributed by atoms with Crippen molar-refractivity contribution in [3.05, 3.63) is 33.1 Å². The number of hydrogen-bond acceptors (Lipinski definition) is 2. The minimum atomic E-state index is -0.521. The molecule has 0 bridgehead atoms. The van der Waals surface area contributed by atoms with Gasteiger partial charge in [-0.25, -0.2) is 4.79 Å². The zero-order valence-electron chi connectivity index (χ0n) is 8.07. The van der Waals surface area contributed by atoms with E-state index in [4.69, 9.17) is 0 Å². The number of aryl methyl sites for hydroxylation is 1. The maximum atomic E-state index is 11.9. The molecule has 0 N–H and O–H groups in total. The number of alkyl halides is 1. The normalized spacial score (nSPS) is 10.4. The van der Waals surface area contributed by atoms with Crippen LogP contribution in [0.1, 0.15) is 13.3 Å². The first kappa shape index (κ1) is 10.7. The van der Waals surface area contributed by atoms with Crippen LogP contribution in [0.3, 0.4) is 0 Å². The van der Waals surface area contributed by atoms with E-state index in [1.807, 2.05) is 6.92 Å². The van der Waals surface area contributed by atoms with Crippen LogP contribution in [0.5, 0.6) is 0 Å². The van der Waals surface area contributed by atoms with Crippen LogP contribution in [-0.4, -0.2) is 15.8 Å². The molecule has 0 spiro atoms. The average Bonchev–Trinajstić information content (AvgIpc) is 2.18. The highest BCUT2D eigenvalue weighted by Gasteiger charge is 2.02. The van der Waals surface area contributed by atoms with E-state index < -0.39 is 6.67 Å². The Kier molecular flexibility index (Phi) is 3.62. The zero-order chi connectivity index (χ0) is 10.6. The summed E-state index contributed by atoms with van der Waals surface area (Å²) >= 11 is 0. The van der Waals surface area contributed by atoms with Crippen molar-refractivity contribution in [3.63, 3.8) is 0 Å². The molecule has 14 heavy (non-hydrogen) atoms. The maximum Gasteiger partial charge on any atom is 0.330 e. The van der Waals surface area contributed by atoms with Gasteiger partial charge in [0.15, 0.2) is 0 Å². The average molecular weight is 200 g/mol.